The Balaban J connectivity index is 0. The van der Waals surface area contributed by atoms with Crippen molar-refractivity contribution in [3.05, 3.63) is 0 Å². The molecule has 0 saturated carbocycles. The van der Waals surface area contributed by atoms with Crippen LogP contribution in [0.2, 0.25) is 0 Å². The van der Waals surface area contributed by atoms with Gasteiger partial charge in [0, 0.05) is 13.3 Å². The van der Waals surface area contributed by atoms with Crippen LogP contribution in [0.4, 0.5) is 0 Å². The van der Waals surface area contributed by atoms with Crippen LogP contribution in [0.25, 0.3) is 0 Å². The van der Waals surface area contributed by atoms with Crippen molar-refractivity contribution < 1.29 is 19.1 Å². The zero-order valence-corrected chi connectivity index (χ0v) is 10.2. The second-order valence-electron chi connectivity index (χ2n) is 2.96. The molecule has 4 heteroatoms. The molecule has 0 aliphatic heterocycles. The lowest BCUT2D eigenvalue weighted by Gasteiger charge is -1.95. The van der Waals surface area contributed by atoms with Crippen LogP contribution < -0.4 is 0 Å². The number of methoxy groups -OCH3 is 1. The molecule has 0 fully saturated rings. The molecule has 0 amide bonds. The third kappa shape index (κ3) is 19.4. The number of carbonyl (C=O) groups excluding carboxylic acids is 2. The molecule has 0 bridgehead atoms. The average molecular weight is 218 g/mol. The average Bonchev–Trinajstić information content (AvgIpc) is 2.18. The number of esters is 2. The van der Waals surface area contributed by atoms with Crippen molar-refractivity contribution >= 4 is 11.9 Å². The molecular formula is C11H22O4. The highest BCUT2D eigenvalue weighted by molar-refractivity contribution is 5.68. The second-order valence-corrected chi connectivity index (χ2v) is 2.96. The molecule has 0 atom stereocenters. The SMILES string of the molecule is CCCCCC(=O)OC.CCOC(C)=O. The third-order valence-electron chi connectivity index (χ3n) is 1.56. The number of rotatable bonds is 5. The van der Waals surface area contributed by atoms with Gasteiger partial charge in [0.05, 0.1) is 13.7 Å². The van der Waals surface area contributed by atoms with Crippen LogP contribution in [-0.2, 0) is 19.1 Å². The Kier molecular flexibility index (Phi) is 14.1. The van der Waals surface area contributed by atoms with Crippen molar-refractivity contribution in [3.63, 3.8) is 0 Å². The second kappa shape index (κ2) is 12.9. The maximum absolute atomic E-state index is 10.5. The van der Waals surface area contributed by atoms with Crippen molar-refractivity contribution in [2.75, 3.05) is 13.7 Å². The molecule has 0 unspecified atom stereocenters. The summed E-state index contributed by atoms with van der Waals surface area (Å²) in [6.07, 6.45) is 3.81. The van der Waals surface area contributed by atoms with E-state index >= 15 is 0 Å². The lowest BCUT2D eigenvalue weighted by atomic mass is 10.2. The van der Waals surface area contributed by atoms with Crippen molar-refractivity contribution in [3.8, 4) is 0 Å². The van der Waals surface area contributed by atoms with Gasteiger partial charge in [-0.1, -0.05) is 19.8 Å². The maximum Gasteiger partial charge on any atom is 0.305 e. The highest BCUT2D eigenvalue weighted by Gasteiger charge is 1.96. The fraction of sp³-hybridized carbons (Fsp3) is 0.818. The Morgan fingerprint density at radius 3 is 2.00 bits per heavy atom. The van der Waals surface area contributed by atoms with Gasteiger partial charge in [-0.25, -0.2) is 0 Å². The van der Waals surface area contributed by atoms with Crippen molar-refractivity contribution in [1.29, 1.82) is 0 Å². The summed E-state index contributed by atoms with van der Waals surface area (Å²) >= 11 is 0. The summed E-state index contributed by atoms with van der Waals surface area (Å²) < 4.78 is 8.86. The zero-order valence-electron chi connectivity index (χ0n) is 10.2. The maximum atomic E-state index is 10.5. The summed E-state index contributed by atoms with van der Waals surface area (Å²) in [7, 11) is 1.42. The highest BCUT2D eigenvalue weighted by Crippen LogP contribution is 1.98. The summed E-state index contributed by atoms with van der Waals surface area (Å²) in [5, 5.41) is 0. The van der Waals surface area contributed by atoms with Gasteiger partial charge >= 0.3 is 11.9 Å². The van der Waals surface area contributed by atoms with E-state index in [1.807, 2.05) is 0 Å². The molecule has 0 rings (SSSR count). The first-order chi connectivity index (χ1) is 7.08. The Morgan fingerprint density at radius 2 is 1.73 bits per heavy atom. The summed E-state index contributed by atoms with van der Waals surface area (Å²) in [6, 6.07) is 0. The topological polar surface area (TPSA) is 52.6 Å². The Labute approximate surface area is 91.9 Å². The summed E-state index contributed by atoms with van der Waals surface area (Å²) in [6.45, 7) is 5.76. The molecular weight excluding hydrogens is 196 g/mol. The minimum absolute atomic E-state index is 0.0940. The van der Waals surface area contributed by atoms with Crippen LogP contribution in [0.1, 0.15) is 46.5 Å². The first kappa shape index (κ1) is 16.4. The molecule has 4 nitrogen and oxygen atoms in total. The number of ether oxygens (including phenoxy) is 2. The van der Waals surface area contributed by atoms with Gasteiger partial charge in [-0.15, -0.1) is 0 Å². The van der Waals surface area contributed by atoms with Crippen LogP contribution in [0.5, 0.6) is 0 Å². The molecule has 0 saturated heterocycles. The fourth-order valence-corrected chi connectivity index (χ4v) is 0.825. The van der Waals surface area contributed by atoms with Gasteiger partial charge in [-0.3, -0.25) is 9.59 Å². The van der Waals surface area contributed by atoms with Crippen LogP contribution in [0.15, 0.2) is 0 Å². The van der Waals surface area contributed by atoms with E-state index in [1.54, 1.807) is 6.92 Å². The van der Waals surface area contributed by atoms with Crippen molar-refractivity contribution in [2.45, 2.75) is 46.5 Å². The standard InChI is InChI=1S/C7H14O2.C4H8O2/c1-3-4-5-6-7(8)9-2;1-3-6-4(2)5/h3-6H2,1-2H3;3H2,1-2H3. The van der Waals surface area contributed by atoms with Crippen molar-refractivity contribution in [1.82, 2.24) is 0 Å². The molecule has 0 heterocycles. The van der Waals surface area contributed by atoms with E-state index in [9.17, 15) is 9.59 Å². The van der Waals surface area contributed by atoms with Crippen LogP contribution in [0.3, 0.4) is 0 Å². The van der Waals surface area contributed by atoms with Crippen LogP contribution in [-0.4, -0.2) is 25.7 Å². The van der Waals surface area contributed by atoms with E-state index in [1.165, 1.54) is 14.0 Å². The molecule has 0 aromatic carbocycles. The van der Waals surface area contributed by atoms with Crippen molar-refractivity contribution in [2.24, 2.45) is 0 Å². The molecule has 15 heavy (non-hydrogen) atoms. The largest absolute Gasteiger partial charge is 0.469 e. The third-order valence-corrected chi connectivity index (χ3v) is 1.56. The van der Waals surface area contributed by atoms with Crippen LogP contribution in [0, 0.1) is 0 Å². The van der Waals surface area contributed by atoms with E-state index in [0.717, 1.165) is 19.3 Å². The molecule has 90 valence electrons. The van der Waals surface area contributed by atoms with Gasteiger partial charge in [0.15, 0.2) is 0 Å². The summed E-state index contributed by atoms with van der Waals surface area (Å²) in [5.74, 6) is -0.305. The predicted octanol–water partition coefficient (Wildman–Crippen LogP) is 2.31. The summed E-state index contributed by atoms with van der Waals surface area (Å²) in [4.78, 5) is 20.3. The van der Waals surface area contributed by atoms with E-state index in [4.69, 9.17) is 0 Å². The number of unbranched alkanes of at least 4 members (excludes halogenated alkanes) is 2. The zero-order chi connectivity index (χ0) is 12.1. The Morgan fingerprint density at radius 1 is 1.13 bits per heavy atom. The van der Waals surface area contributed by atoms with Gasteiger partial charge in [-0.2, -0.15) is 0 Å². The quantitative estimate of drug-likeness (QED) is 0.525. The summed E-state index contributed by atoms with van der Waals surface area (Å²) in [5.41, 5.74) is 0. The lowest BCUT2D eigenvalue weighted by molar-refractivity contribution is -0.141. The van der Waals surface area contributed by atoms with Gasteiger partial charge in [0.1, 0.15) is 0 Å². The molecule has 0 radical (unpaired) electrons. The molecule has 0 aromatic heterocycles. The smallest absolute Gasteiger partial charge is 0.305 e. The Bertz CT molecular complexity index is 166. The molecule has 0 N–H and O–H groups in total. The van der Waals surface area contributed by atoms with E-state index in [-0.39, 0.29) is 11.9 Å². The minimum atomic E-state index is -0.211. The first-order valence-electron chi connectivity index (χ1n) is 5.28. The number of hydrogen-bond acceptors (Lipinski definition) is 4. The molecule has 0 aromatic rings. The van der Waals surface area contributed by atoms with Crippen LogP contribution >= 0.6 is 0 Å². The Hall–Kier alpha value is -1.06. The predicted molar refractivity (Wildman–Crippen MR) is 58.5 cm³/mol. The number of hydrogen-bond donors (Lipinski definition) is 0. The van der Waals surface area contributed by atoms with Gasteiger partial charge in [-0.05, 0) is 13.3 Å². The normalized spacial score (nSPS) is 8.53. The van der Waals surface area contributed by atoms with Gasteiger partial charge < -0.3 is 9.47 Å². The monoisotopic (exact) mass is 218 g/mol. The number of carbonyl (C=O) groups is 2. The lowest BCUT2D eigenvalue weighted by Crippen LogP contribution is -1.98. The molecule has 0 spiro atoms. The fourth-order valence-electron chi connectivity index (χ4n) is 0.825. The van der Waals surface area contributed by atoms with E-state index in [0.29, 0.717) is 13.0 Å². The molecule has 0 aliphatic rings. The van der Waals surface area contributed by atoms with E-state index in [2.05, 4.69) is 16.4 Å². The first-order valence-corrected chi connectivity index (χ1v) is 5.28. The minimum Gasteiger partial charge on any atom is -0.469 e. The van der Waals surface area contributed by atoms with Gasteiger partial charge in [0.2, 0.25) is 0 Å². The van der Waals surface area contributed by atoms with E-state index < -0.39 is 0 Å². The molecule has 0 aliphatic carbocycles. The highest BCUT2D eigenvalue weighted by atomic mass is 16.5. The van der Waals surface area contributed by atoms with Gasteiger partial charge in [0.25, 0.3) is 0 Å².